The predicted molar refractivity (Wildman–Crippen MR) is 127 cm³/mol. The van der Waals surface area contributed by atoms with Crippen LogP contribution in [-0.4, -0.2) is 85.0 Å². The van der Waals surface area contributed by atoms with Crippen LogP contribution in [0.2, 0.25) is 0 Å². The maximum Gasteiger partial charge on any atom is 0.225 e. The van der Waals surface area contributed by atoms with E-state index in [0.717, 1.165) is 68.8 Å². The highest BCUT2D eigenvalue weighted by molar-refractivity contribution is 5.71. The van der Waals surface area contributed by atoms with Gasteiger partial charge in [0.05, 0.1) is 20.8 Å². The molecule has 4 rings (SSSR count). The topological polar surface area (TPSA) is 80.0 Å². The van der Waals surface area contributed by atoms with Gasteiger partial charge in [-0.05, 0) is 24.7 Å². The molecular weight excluding hydrogens is 420 g/mol. The molecule has 0 atom stereocenters. The number of rotatable bonds is 10. The Hall–Kier alpha value is -3.17. The minimum Gasteiger partial charge on any atom is -0.493 e. The van der Waals surface area contributed by atoms with Crippen molar-refractivity contribution in [3.63, 3.8) is 0 Å². The van der Waals surface area contributed by atoms with Crippen LogP contribution >= 0.6 is 0 Å². The lowest BCUT2D eigenvalue weighted by molar-refractivity contribution is 0.184. The van der Waals surface area contributed by atoms with E-state index in [0.29, 0.717) is 18.0 Å². The Kier molecular flexibility index (Phi) is 7.74. The number of para-hydroxylation sites is 1. The molecule has 0 bridgehead atoms. The van der Waals surface area contributed by atoms with Gasteiger partial charge >= 0.3 is 0 Å². The Morgan fingerprint density at radius 1 is 1.03 bits per heavy atom. The lowest BCUT2D eigenvalue weighted by Crippen LogP contribution is -2.48. The summed E-state index contributed by atoms with van der Waals surface area (Å²) in [6, 6.07) is 9.59. The summed E-state index contributed by atoms with van der Waals surface area (Å²) in [5.41, 5.74) is 1.60. The van der Waals surface area contributed by atoms with Gasteiger partial charge < -0.3 is 18.9 Å². The molecule has 1 aliphatic heterocycles. The number of hydrogen-bond donors (Lipinski definition) is 0. The molecule has 33 heavy (non-hydrogen) atoms. The summed E-state index contributed by atoms with van der Waals surface area (Å²) in [7, 11) is 3.26. The molecular formula is C24H32N6O3. The van der Waals surface area contributed by atoms with E-state index in [-0.39, 0.29) is 0 Å². The number of hydrogen-bond acceptors (Lipinski definition) is 9. The van der Waals surface area contributed by atoms with E-state index in [1.807, 2.05) is 30.3 Å². The number of methoxy groups -OCH3 is 2. The number of nitrogens with zero attached hydrogens (tertiary/aromatic N) is 6. The summed E-state index contributed by atoms with van der Waals surface area (Å²) < 4.78 is 16.6. The molecule has 1 aromatic carbocycles. The molecule has 3 heterocycles. The predicted octanol–water partition coefficient (Wildman–Crippen LogP) is 2.79. The summed E-state index contributed by atoms with van der Waals surface area (Å²) in [6.07, 6.45) is 3.60. The fraction of sp³-hybridized carbons (Fsp3) is 0.458. The van der Waals surface area contributed by atoms with Crippen LogP contribution in [0.25, 0.3) is 11.3 Å². The monoisotopic (exact) mass is 452 g/mol. The molecule has 2 aromatic heterocycles. The SMILES string of the molecule is CCN(CCN1CCN(c2ncccn2)CC1)Cc1cc(-c2cccc(OC)c2OC)no1. The first-order chi connectivity index (χ1) is 16.2. The summed E-state index contributed by atoms with van der Waals surface area (Å²) in [6.45, 7) is 9.74. The number of ether oxygens (including phenoxy) is 2. The third-order valence-corrected chi connectivity index (χ3v) is 6.00. The molecule has 0 unspecified atom stereocenters. The van der Waals surface area contributed by atoms with E-state index in [4.69, 9.17) is 14.0 Å². The van der Waals surface area contributed by atoms with Gasteiger partial charge in [0, 0.05) is 63.3 Å². The Bertz CT molecular complexity index is 1000. The van der Waals surface area contributed by atoms with Gasteiger partial charge in [0.15, 0.2) is 17.3 Å². The normalized spacial score (nSPS) is 14.6. The van der Waals surface area contributed by atoms with Crippen LogP contribution in [0.4, 0.5) is 5.95 Å². The number of anilines is 1. The number of piperazine rings is 1. The molecule has 0 saturated carbocycles. The molecule has 3 aromatic rings. The Balaban J connectivity index is 1.30. The highest BCUT2D eigenvalue weighted by Crippen LogP contribution is 2.37. The molecule has 1 saturated heterocycles. The first-order valence-electron chi connectivity index (χ1n) is 11.4. The largest absolute Gasteiger partial charge is 0.493 e. The van der Waals surface area contributed by atoms with Crippen molar-refractivity contribution in [2.45, 2.75) is 13.5 Å². The Morgan fingerprint density at radius 2 is 1.82 bits per heavy atom. The zero-order valence-corrected chi connectivity index (χ0v) is 19.6. The van der Waals surface area contributed by atoms with E-state index in [2.05, 4.69) is 36.7 Å². The number of likely N-dealkylation sites (N-methyl/N-ethyl adjacent to an activating group) is 1. The van der Waals surface area contributed by atoms with Gasteiger partial charge in [-0.15, -0.1) is 0 Å². The van der Waals surface area contributed by atoms with Gasteiger partial charge in [-0.1, -0.05) is 18.1 Å². The zero-order chi connectivity index (χ0) is 23.0. The van der Waals surface area contributed by atoms with Crippen LogP contribution in [0.3, 0.4) is 0 Å². The Morgan fingerprint density at radius 3 is 2.52 bits per heavy atom. The quantitative estimate of drug-likeness (QED) is 0.461. The first kappa shape index (κ1) is 23.0. The molecule has 0 spiro atoms. The fourth-order valence-corrected chi connectivity index (χ4v) is 4.08. The second-order valence-electron chi connectivity index (χ2n) is 7.97. The van der Waals surface area contributed by atoms with Gasteiger partial charge in [-0.3, -0.25) is 9.80 Å². The molecule has 0 N–H and O–H groups in total. The zero-order valence-electron chi connectivity index (χ0n) is 19.6. The molecule has 9 heteroatoms. The fourth-order valence-electron chi connectivity index (χ4n) is 4.08. The van der Waals surface area contributed by atoms with Crippen molar-refractivity contribution < 1.29 is 14.0 Å². The van der Waals surface area contributed by atoms with Crippen molar-refractivity contribution in [2.75, 3.05) is 64.9 Å². The van der Waals surface area contributed by atoms with Crippen LogP contribution in [-0.2, 0) is 6.54 Å². The van der Waals surface area contributed by atoms with Gasteiger partial charge in [0.1, 0.15) is 5.69 Å². The maximum atomic E-state index is 5.66. The van der Waals surface area contributed by atoms with Crippen molar-refractivity contribution in [2.24, 2.45) is 0 Å². The van der Waals surface area contributed by atoms with Crippen molar-refractivity contribution in [1.29, 1.82) is 0 Å². The van der Waals surface area contributed by atoms with E-state index in [1.54, 1.807) is 26.6 Å². The van der Waals surface area contributed by atoms with Crippen molar-refractivity contribution >= 4 is 5.95 Å². The number of aromatic nitrogens is 3. The highest BCUT2D eigenvalue weighted by atomic mass is 16.5. The molecule has 1 aliphatic rings. The lowest BCUT2D eigenvalue weighted by Gasteiger charge is -2.35. The molecule has 9 nitrogen and oxygen atoms in total. The first-order valence-corrected chi connectivity index (χ1v) is 11.4. The maximum absolute atomic E-state index is 5.66. The van der Waals surface area contributed by atoms with Crippen molar-refractivity contribution in [3.05, 3.63) is 48.5 Å². The summed E-state index contributed by atoms with van der Waals surface area (Å²) in [5.74, 6) is 2.99. The average molecular weight is 453 g/mol. The lowest BCUT2D eigenvalue weighted by atomic mass is 10.1. The summed E-state index contributed by atoms with van der Waals surface area (Å²) in [4.78, 5) is 15.8. The minimum absolute atomic E-state index is 0.659. The summed E-state index contributed by atoms with van der Waals surface area (Å²) >= 11 is 0. The molecule has 1 fully saturated rings. The second kappa shape index (κ2) is 11.1. The van der Waals surface area contributed by atoms with Crippen LogP contribution < -0.4 is 14.4 Å². The van der Waals surface area contributed by atoms with E-state index < -0.39 is 0 Å². The van der Waals surface area contributed by atoms with Crippen molar-refractivity contribution in [1.82, 2.24) is 24.9 Å². The van der Waals surface area contributed by atoms with Gasteiger partial charge in [0.25, 0.3) is 0 Å². The molecule has 0 amide bonds. The number of benzene rings is 1. The van der Waals surface area contributed by atoms with Gasteiger partial charge in [0.2, 0.25) is 5.95 Å². The smallest absolute Gasteiger partial charge is 0.225 e. The molecule has 0 aliphatic carbocycles. The van der Waals surface area contributed by atoms with Crippen LogP contribution in [0.5, 0.6) is 11.5 Å². The average Bonchev–Trinajstić information content (AvgIpc) is 3.35. The minimum atomic E-state index is 0.659. The van der Waals surface area contributed by atoms with E-state index in [1.165, 1.54) is 0 Å². The van der Waals surface area contributed by atoms with Gasteiger partial charge in [-0.2, -0.15) is 0 Å². The third-order valence-electron chi connectivity index (χ3n) is 6.00. The van der Waals surface area contributed by atoms with Crippen molar-refractivity contribution in [3.8, 4) is 22.8 Å². The van der Waals surface area contributed by atoms with Crippen LogP contribution in [0.1, 0.15) is 12.7 Å². The summed E-state index contributed by atoms with van der Waals surface area (Å²) in [5, 5.41) is 4.28. The Labute approximate surface area is 194 Å². The molecule has 0 radical (unpaired) electrons. The van der Waals surface area contributed by atoms with E-state index >= 15 is 0 Å². The van der Waals surface area contributed by atoms with Gasteiger partial charge in [-0.25, -0.2) is 9.97 Å². The third kappa shape index (κ3) is 5.61. The van der Waals surface area contributed by atoms with E-state index in [9.17, 15) is 0 Å². The van der Waals surface area contributed by atoms with Crippen LogP contribution in [0, 0.1) is 0 Å². The second-order valence-corrected chi connectivity index (χ2v) is 7.97. The van der Waals surface area contributed by atoms with Crippen LogP contribution in [0.15, 0.2) is 47.2 Å². The molecule has 176 valence electrons. The highest BCUT2D eigenvalue weighted by Gasteiger charge is 2.20. The standard InChI is InChI=1S/C24H32N6O3/c1-4-28(11-12-29-13-15-30(16-14-29)24-25-9-6-10-26-24)18-19-17-21(27-33-19)20-7-5-8-22(31-2)23(20)32-3/h5-10,17H,4,11-16,18H2,1-3H3.